The molecule has 4 heteroatoms. The molecule has 5 aromatic rings. The molecule has 1 N–H and O–H groups in total. The van der Waals surface area contributed by atoms with Crippen molar-refractivity contribution in [2.45, 2.75) is 33.1 Å². The van der Waals surface area contributed by atoms with E-state index in [1.54, 1.807) is 0 Å². The van der Waals surface area contributed by atoms with Crippen LogP contribution in [0.4, 0.5) is 5.82 Å². The third kappa shape index (κ3) is 4.08. The van der Waals surface area contributed by atoms with E-state index >= 15 is 0 Å². The molecule has 178 valence electrons. The zero-order chi connectivity index (χ0) is 24.9. The lowest BCUT2D eigenvalue weighted by atomic mass is 9.88. The van der Waals surface area contributed by atoms with Crippen molar-refractivity contribution in [1.29, 1.82) is 0 Å². The number of nitrogens with zero attached hydrogens (tertiary/aromatic N) is 1. The van der Waals surface area contributed by atoms with E-state index in [-0.39, 0.29) is 5.91 Å². The van der Waals surface area contributed by atoms with Crippen molar-refractivity contribution in [3.63, 3.8) is 0 Å². The van der Waals surface area contributed by atoms with Crippen molar-refractivity contribution >= 4 is 46.6 Å². The van der Waals surface area contributed by atoms with Crippen LogP contribution in [-0.2, 0) is 17.1 Å². The third-order valence-electron chi connectivity index (χ3n) is 6.98. The van der Waals surface area contributed by atoms with Crippen LogP contribution >= 0.6 is 7.92 Å². The van der Waals surface area contributed by atoms with Crippen LogP contribution in [0.15, 0.2) is 91.0 Å². The summed E-state index contributed by atoms with van der Waals surface area (Å²) in [6.07, 6.45) is 1.92. The molecule has 0 aliphatic carbocycles. The smallest absolute Gasteiger partial charge is 0.230 e. The Hall–Kier alpha value is -3.55. The van der Waals surface area contributed by atoms with Gasteiger partial charge in [-0.2, -0.15) is 0 Å². The SMILES string of the molecule is CC(C)(C)C(=O)Nc1cccc(P2Cc3ccc4ccccc4c3-c3c(ccc4ccccc34)C2)n1. The van der Waals surface area contributed by atoms with E-state index in [1.165, 1.54) is 43.8 Å². The second-order valence-electron chi connectivity index (χ2n) is 10.6. The Morgan fingerprint density at radius 3 is 1.83 bits per heavy atom. The molecule has 0 radical (unpaired) electrons. The molecule has 3 nitrogen and oxygen atoms in total. The molecule has 2 heterocycles. The zero-order valence-electron chi connectivity index (χ0n) is 20.9. The monoisotopic (exact) mass is 488 g/mol. The Bertz CT molecular complexity index is 1550. The number of aromatic nitrogens is 1. The number of fused-ring (bicyclic) bond motifs is 7. The van der Waals surface area contributed by atoms with Gasteiger partial charge in [0.1, 0.15) is 5.82 Å². The average molecular weight is 489 g/mol. The maximum absolute atomic E-state index is 12.6. The number of amides is 1. The molecule has 0 unspecified atom stereocenters. The number of benzene rings is 4. The van der Waals surface area contributed by atoms with Crippen LogP contribution in [0.2, 0.25) is 0 Å². The van der Waals surface area contributed by atoms with Gasteiger partial charge in [-0.15, -0.1) is 0 Å². The van der Waals surface area contributed by atoms with Gasteiger partial charge in [0.25, 0.3) is 0 Å². The van der Waals surface area contributed by atoms with Gasteiger partial charge >= 0.3 is 0 Å². The summed E-state index contributed by atoms with van der Waals surface area (Å²) < 4.78 is 0. The minimum absolute atomic E-state index is 0.0191. The first-order valence-corrected chi connectivity index (χ1v) is 14.1. The highest BCUT2D eigenvalue weighted by molar-refractivity contribution is 7.63. The van der Waals surface area contributed by atoms with Gasteiger partial charge in [-0.1, -0.05) is 99.6 Å². The fourth-order valence-corrected chi connectivity index (χ4v) is 7.42. The number of rotatable bonds is 2. The Morgan fingerprint density at radius 1 is 0.722 bits per heavy atom. The minimum Gasteiger partial charge on any atom is -0.310 e. The van der Waals surface area contributed by atoms with Gasteiger partial charge in [0, 0.05) is 5.41 Å². The molecule has 0 spiro atoms. The summed E-state index contributed by atoms with van der Waals surface area (Å²) in [5, 5.41) is 8.18. The molecule has 36 heavy (non-hydrogen) atoms. The topological polar surface area (TPSA) is 42.0 Å². The number of anilines is 1. The first-order valence-electron chi connectivity index (χ1n) is 12.4. The number of hydrogen-bond donors (Lipinski definition) is 1. The van der Waals surface area contributed by atoms with E-state index in [0.717, 1.165) is 17.8 Å². The van der Waals surface area contributed by atoms with E-state index in [2.05, 4.69) is 84.2 Å². The van der Waals surface area contributed by atoms with Gasteiger partial charge in [0.05, 0.1) is 5.44 Å². The van der Waals surface area contributed by atoms with Gasteiger partial charge in [0.2, 0.25) is 5.91 Å². The standard InChI is InChI=1S/C32H29N2OP/c1-32(2,3)31(35)34-27-13-8-14-28(33-27)36-19-23-17-15-21-9-4-6-11-25(21)29(23)30-24(20-36)18-16-22-10-5-7-12-26(22)30/h4-18H,19-20H2,1-3H3,(H,33,34,35). The van der Waals surface area contributed by atoms with Crippen LogP contribution in [0, 0.1) is 5.41 Å². The van der Waals surface area contributed by atoms with Crippen LogP contribution in [0.25, 0.3) is 32.7 Å². The highest BCUT2D eigenvalue weighted by atomic mass is 31.1. The number of carbonyl (C=O) groups excluding carboxylic acids is 1. The normalized spacial score (nSPS) is 13.8. The molecule has 6 rings (SSSR count). The fraction of sp³-hybridized carbons (Fsp3) is 0.188. The Labute approximate surface area is 213 Å². The van der Waals surface area contributed by atoms with E-state index in [4.69, 9.17) is 4.98 Å². The molecule has 0 saturated heterocycles. The molecule has 0 fully saturated rings. The highest BCUT2D eigenvalue weighted by Gasteiger charge is 2.27. The maximum Gasteiger partial charge on any atom is 0.230 e. The summed E-state index contributed by atoms with van der Waals surface area (Å²) in [6, 6.07) is 32.6. The molecule has 0 bridgehead atoms. The van der Waals surface area contributed by atoms with Crippen molar-refractivity contribution in [2.24, 2.45) is 5.41 Å². The first kappa shape index (κ1) is 22.9. The summed E-state index contributed by atoms with van der Waals surface area (Å²) in [5.74, 6) is 0.617. The van der Waals surface area contributed by atoms with E-state index in [9.17, 15) is 4.79 Å². The third-order valence-corrected chi connectivity index (χ3v) is 9.33. The highest BCUT2D eigenvalue weighted by Crippen LogP contribution is 2.52. The van der Waals surface area contributed by atoms with Crippen LogP contribution in [-0.4, -0.2) is 10.9 Å². The fourth-order valence-electron chi connectivity index (χ4n) is 5.09. The molecule has 0 saturated carbocycles. The van der Waals surface area contributed by atoms with Crippen LogP contribution in [0.1, 0.15) is 31.9 Å². The Kier molecular flexibility index (Phi) is 5.62. The summed E-state index contributed by atoms with van der Waals surface area (Å²) >= 11 is 0. The molecule has 1 aliphatic rings. The molecule has 1 aliphatic heterocycles. The molecule has 1 amide bonds. The average Bonchev–Trinajstić information content (AvgIpc) is 3.05. The zero-order valence-corrected chi connectivity index (χ0v) is 21.8. The summed E-state index contributed by atoms with van der Waals surface area (Å²) in [4.78, 5) is 17.6. The summed E-state index contributed by atoms with van der Waals surface area (Å²) in [5.41, 5.74) is 6.09. The van der Waals surface area contributed by atoms with Gasteiger partial charge < -0.3 is 5.32 Å². The van der Waals surface area contributed by atoms with E-state index in [0.29, 0.717) is 5.82 Å². The quantitative estimate of drug-likeness (QED) is 0.257. The lowest BCUT2D eigenvalue weighted by Crippen LogP contribution is -2.28. The largest absolute Gasteiger partial charge is 0.310 e. The predicted molar refractivity (Wildman–Crippen MR) is 153 cm³/mol. The number of nitrogens with one attached hydrogen (secondary N) is 1. The number of carbonyl (C=O) groups is 1. The van der Waals surface area contributed by atoms with Crippen LogP contribution in [0.3, 0.4) is 0 Å². The molecule has 0 atom stereocenters. The van der Waals surface area contributed by atoms with Gasteiger partial charge in [-0.3, -0.25) is 4.79 Å². The minimum atomic E-state index is -0.609. The van der Waals surface area contributed by atoms with Crippen molar-refractivity contribution < 1.29 is 4.79 Å². The van der Waals surface area contributed by atoms with Gasteiger partial charge in [-0.05, 0) is 76.2 Å². The van der Waals surface area contributed by atoms with Gasteiger partial charge in [-0.25, -0.2) is 4.98 Å². The van der Waals surface area contributed by atoms with E-state index < -0.39 is 13.3 Å². The van der Waals surface area contributed by atoms with E-state index in [1.807, 2.05) is 32.9 Å². The van der Waals surface area contributed by atoms with Crippen LogP contribution < -0.4 is 10.8 Å². The molecule has 4 aromatic carbocycles. The number of hydrogen-bond acceptors (Lipinski definition) is 2. The van der Waals surface area contributed by atoms with Crippen molar-refractivity contribution in [1.82, 2.24) is 4.98 Å². The lowest BCUT2D eigenvalue weighted by Gasteiger charge is -2.19. The predicted octanol–water partition coefficient (Wildman–Crippen LogP) is 7.86. The molecular weight excluding hydrogens is 459 g/mol. The summed E-state index contributed by atoms with van der Waals surface area (Å²) in [7, 11) is -0.609. The summed E-state index contributed by atoms with van der Waals surface area (Å²) in [6.45, 7) is 5.76. The first-order chi connectivity index (χ1) is 17.4. The van der Waals surface area contributed by atoms with Crippen LogP contribution in [0.5, 0.6) is 0 Å². The molecule has 1 aromatic heterocycles. The van der Waals surface area contributed by atoms with Gasteiger partial charge in [0.15, 0.2) is 0 Å². The number of pyridine rings is 1. The van der Waals surface area contributed by atoms with Crippen molar-refractivity contribution in [3.8, 4) is 11.1 Å². The van der Waals surface area contributed by atoms with Crippen molar-refractivity contribution in [3.05, 3.63) is 102 Å². The lowest BCUT2D eigenvalue weighted by molar-refractivity contribution is -0.123. The second kappa shape index (κ2) is 8.84. The maximum atomic E-state index is 12.6. The molecular formula is C32H29N2OP. The Morgan fingerprint density at radius 2 is 1.28 bits per heavy atom. The Balaban J connectivity index is 1.52. The van der Waals surface area contributed by atoms with Crippen molar-refractivity contribution in [2.75, 3.05) is 5.32 Å². The second-order valence-corrected chi connectivity index (χ2v) is 12.8.